The first-order chi connectivity index (χ1) is 13.1. The van der Waals surface area contributed by atoms with E-state index in [0.717, 1.165) is 5.56 Å². The number of carbonyl (C=O) groups is 2. The van der Waals surface area contributed by atoms with Crippen molar-refractivity contribution < 1.29 is 18.7 Å². The second-order valence-corrected chi connectivity index (χ2v) is 6.18. The fourth-order valence-electron chi connectivity index (χ4n) is 2.87. The number of nitrogens with zero attached hydrogens (tertiary/aromatic N) is 2. The normalized spacial score (nSPS) is 12.6. The number of benzene rings is 1. The molecule has 3 heterocycles. The summed E-state index contributed by atoms with van der Waals surface area (Å²) in [5.74, 6) is 0.700. The van der Waals surface area contributed by atoms with E-state index in [0.29, 0.717) is 22.8 Å². The monoisotopic (exact) mass is 363 g/mol. The number of fused-ring (bicyclic) bond motifs is 2. The third kappa shape index (κ3) is 3.39. The number of amides is 2. The summed E-state index contributed by atoms with van der Waals surface area (Å²) < 4.78 is 11.0. The van der Waals surface area contributed by atoms with E-state index >= 15 is 0 Å². The molecule has 0 saturated heterocycles. The van der Waals surface area contributed by atoms with Crippen molar-refractivity contribution in [2.24, 2.45) is 0 Å². The molecule has 0 saturated carbocycles. The van der Waals surface area contributed by atoms with Gasteiger partial charge >= 0.3 is 0 Å². The lowest BCUT2D eigenvalue weighted by Crippen LogP contribution is -2.40. The number of anilines is 1. The van der Waals surface area contributed by atoms with Crippen molar-refractivity contribution >= 4 is 17.5 Å². The third-order valence-corrected chi connectivity index (χ3v) is 4.20. The minimum absolute atomic E-state index is 0.145. The van der Waals surface area contributed by atoms with Gasteiger partial charge in [-0.3, -0.25) is 14.5 Å². The van der Waals surface area contributed by atoms with E-state index < -0.39 is 0 Å². The Morgan fingerprint density at radius 1 is 1.22 bits per heavy atom. The summed E-state index contributed by atoms with van der Waals surface area (Å²) in [5, 5.41) is 2.76. The highest BCUT2D eigenvalue weighted by atomic mass is 16.5. The van der Waals surface area contributed by atoms with Gasteiger partial charge in [-0.25, -0.2) is 4.98 Å². The molecule has 0 bridgehead atoms. The van der Waals surface area contributed by atoms with Gasteiger partial charge in [-0.15, -0.1) is 0 Å². The zero-order valence-electron chi connectivity index (χ0n) is 14.6. The average molecular weight is 363 g/mol. The number of rotatable bonds is 4. The summed E-state index contributed by atoms with van der Waals surface area (Å²) in [6.45, 7) is 2.02. The lowest BCUT2D eigenvalue weighted by molar-refractivity contribution is -0.119. The standard InChI is InChI=1S/C20H17N3O4/c1-13-6-7-17-16(10-13)23(12-18(24)22-11-14-4-3-9-26-14)20(25)15-5-2-8-21-19(15)27-17/h2-10H,11-12H2,1H3,(H,22,24). The Labute approximate surface area is 155 Å². The molecule has 1 N–H and O–H groups in total. The van der Waals surface area contributed by atoms with Gasteiger partial charge in [0.1, 0.15) is 17.9 Å². The molecule has 2 amide bonds. The maximum absolute atomic E-state index is 13.1. The lowest BCUT2D eigenvalue weighted by Gasteiger charge is -2.21. The largest absolute Gasteiger partial charge is 0.467 e. The van der Waals surface area contributed by atoms with E-state index in [4.69, 9.17) is 9.15 Å². The number of carbonyl (C=O) groups excluding carboxylic acids is 2. The predicted molar refractivity (Wildman–Crippen MR) is 97.7 cm³/mol. The fourth-order valence-corrected chi connectivity index (χ4v) is 2.87. The van der Waals surface area contributed by atoms with Crippen molar-refractivity contribution in [3.05, 3.63) is 71.8 Å². The van der Waals surface area contributed by atoms with Gasteiger partial charge < -0.3 is 14.5 Å². The first kappa shape index (κ1) is 16.8. The number of pyridine rings is 1. The van der Waals surface area contributed by atoms with Gasteiger partial charge in [0.05, 0.1) is 18.5 Å². The number of furan rings is 1. The second-order valence-electron chi connectivity index (χ2n) is 6.18. The van der Waals surface area contributed by atoms with Crippen molar-refractivity contribution in [3.8, 4) is 11.6 Å². The van der Waals surface area contributed by atoms with Crippen LogP contribution in [0.4, 0.5) is 5.69 Å². The summed E-state index contributed by atoms with van der Waals surface area (Å²) in [4.78, 5) is 31.1. The molecular formula is C20H17N3O4. The van der Waals surface area contributed by atoms with Gasteiger partial charge in [-0.05, 0) is 48.9 Å². The van der Waals surface area contributed by atoms with Gasteiger partial charge in [0.25, 0.3) is 5.91 Å². The van der Waals surface area contributed by atoms with Gasteiger partial charge in [-0.2, -0.15) is 0 Å². The van der Waals surface area contributed by atoms with Crippen LogP contribution in [-0.4, -0.2) is 23.3 Å². The van der Waals surface area contributed by atoms with E-state index in [1.807, 2.05) is 19.1 Å². The number of hydrogen-bond acceptors (Lipinski definition) is 5. The quantitative estimate of drug-likeness (QED) is 0.770. The Balaban J connectivity index is 1.64. The Hall–Kier alpha value is -3.61. The first-order valence-corrected chi connectivity index (χ1v) is 8.46. The highest BCUT2D eigenvalue weighted by Gasteiger charge is 2.30. The molecule has 1 aromatic carbocycles. The summed E-state index contributed by atoms with van der Waals surface area (Å²) in [6, 6.07) is 12.3. The Kier molecular flexibility index (Phi) is 4.33. The number of nitrogens with one attached hydrogen (secondary N) is 1. The van der Waals surface area contributed by atoms with Crippen molar-refractivity contribution in [2.75, 3.05) is 11.4 Å². The summed E-state index contributed by atoms with van der Waals surface area (Å²) >= 11 is 0. The van der Waals surface area contributed by atoms with Crippen LogP contribution < -0.4 is 15.0 Å². The fraction of sp³-hybridized carbons (Fsp3) is 0.150. The van der Waals surface area contributed by atoms with Crippen LogP contribution >= 0.6 is 0 Å². The second kappa shape index (κ2) is 6.95. The lowest BCUT2D eigenvalue weighted by atomic mass is 10.1. The molecule has 0 fully saturated rings. The number of ether oxygens (including phenoxy) is 1. The van der Waals surface area contributed by atoms with Crippen LogP contribution in [0.2, 0.25) is 0 Å². The van der Waals surface area contributed by atoms with Crippen LogP contribution in [-0.2, 0) is 11.3 Å². The van der Waals surface area contributed by atoms with E-state index in [9.17, 15) is 9.59 Å². The van der Waals surface area contributed by atoms with Crippen molar-refractivity contribution in [1.82, 2.24) is 10.3 Å². The van der Waals surface area contributed by atoms with Gasteiger partial charge in [0.15, 0.2) is 5.75 Å². The van der Waals surface area contributed by atoms with Crippen LogP contribution in [0.25, 0.3) is 0 Å². The Morgan fingerprint density at radius 3 is 2.93 bits per heavy atom. The van der Waals surface area contributed by atoms with Crippen molar-refractivity contribution in [2.45, 2.75) is 13.5 Å². The molecule has 2 aromatic heterocycles. The molecule has 1 aliphatic rings. The van der Waals surface area contributed by atoms with Crippen LogP contribution in [0.1, 0.15) is 21.7 Å². The van der Waals surface area contributed by atoms with Gasteiger partial charge in [0.2, 0.25) is 11.8 Å². The van der Waals surface area contributed by atoms with Crippen molar-refractivity contribution in [1.29, 1.82) is 0 Å². The average Bonchev–Trinajstić information content (AvgIpc) is 3.16. The van der Waals surface area contributed by atoms with Crippen LogP contribution in [0.5, 0.6) is 11.6 Å². The topological polar surface area (TPSA) is 84.7 Å². The summed E-state index contributed by atoms with van der Waals surface area (Å²) in [5.41, 5.74) is 1.79. The molecular weight excluding hydrogens is 346 g/mol. The molecule has 3 aromatic rings. The minimum Gasteiger partial charge on any atom is -0.467 e. The molecule has 136 valence electrons. The molecule has 0 unspecified atom stereocenters. The molecule has 27 heavy (non-hydrogen) atoms. The highest BCUT2D eigenvalue weighted by Crippen LogP contribution is 2.38. The van der Waals surface area contributed by atoms with Crippen LogP contribution in [0.3, 0.4) is 0 Å². The number of aromatic nitrogens is 1. The SMILES string of the molecule is Cc1ccc2c(c1)N(CC(=O)NCc1ccco1)C(=O)c1cccnc1O2. The molecule has 0 radical (unpaired) electrons. The molecule has 0 spiro atoms. The van der Waals surface area contributed by atoms with E-state index in [-0.39, 0.29) is 30.8 Å². The van der Waals surface area contributed by atoms with Crippen molar-refractivity contribution in [3.63, 3.8) is 0 Å². The maximum Gasteiger partial charge on any atom is 0.264 e. The molecule has 4 rings (SSSR count). The molecule has 0 atom stereocenters. The maximum atomic E-state index is 13.1. The Bertz CT molecular complexity index is 998. The highest BCUT2D eigenvalue weighted by molar-refractivity contribution is 6.11. The van der Waals surface area contributed by atoms with E-state index in [2.05, 4.69) is 10.3 Å². The van der Waals surface area contributed by atoms with Gasteiger partial charge in [0, 0.05) is 6.20 Å². The predicted octanol–water partition coefficient (Wildman–Crippen LogP) is 3.05. The van der Waals surface area contributed by atoms with E-state index in [1.54, 1.807) is 42.8 Å². The zero-order valence-corrected chi connectivity index (χ0v) is 14.6. The van der Waals surface area contributed by atoms with E-state index in [1.165, 1.54) is 4.90 Å². The number of hydrogen-bond donors (Lipinski definition) is 1. The molecule has 7 nitrogen and oxygen atoms in total. The molecule has 0 aliphatic carbocycles. The number of aryl methyl sites for hydroxylation is 1. The van der Waals surface area contributed by atoms with Crippen LogP contribution in [0, 0.1) is 6.92 Å². The smallest absolute Gasteiger partial charge is 0.264 e. The van der Waals surface area contributed by atoms with Crippen LogP contribution in [0.15, 0.2) is 59.3 Å². The summed E-state index contributed by atoms with van der Waals surface area (Å²) in [7, 11) is 0. The van der Waals surface area contributed by atoms with Gasteiger partial charge in [-0.1, -0.05) is 6.07 Å². The first-order valence-electron chi connectivity index (χ1n) is 8.46. The minimum atomic E-state index is -0.337. The molecule has 1 aliphatic heterocycles. The third-order valence-electron chi connectivity index (χ3n) is 4.20. The zero-order chi connectivity index (χ0) is 18.8. The Morgan fingerprint density at radius 2 is 2.11 bits per heavy atom. The molecule has 7 heteroatoms. The summed E-state index contributed by atoms with van der Waals surface area (Å²) in [6.07, 6.45) is 3.10.